The molecule has 2 aromatic rings. The van der Waals surface area contributed by atoms with Crippen LogP contribution in [0.2, 0.25) is 0 Å². The molecule has 0 aliphatic heterocycles. The molecule has 0 aliphatic rings. The standard InChI is InChI=1S/C15H18N4O3S/c1-9-6-12(19(21)22)4-5-13(9)18-15(20)16-7-10(2)14-17-11(3)8-23-14/h4-6,8,10H,7H2,1-3H3,(H2,16,18,20)/t10-/m0/s1. The zero-order chi connectivity index (χ0) is 17.0. The maximum absolute atomic E-state index is 12.0. The minimum atomic E-state index is -0.464. The van der Waals surface area contributed by atoms with Crippen LogP contribution in [0.5, 0.6) is 0 Å². The Morgan fingerprint density at radius 2 is 2.17 bits per heavy atom. The number of amides is 2. The van der Waals surface area contributed by atoms with Crippen LogP contribution in [0.3, 0.4) is 0 Å². The van der Waals surface area contributed by atoms with Crippen molar-refractivity contribution in [2.45, 2.75) is 26.7 Å². The van der Waals surface area contributed by atoms with Crippen molar-refractivity contribution < 1.29 is 9.72 Å². The number of hydrogen-bond donors (Lipinski definition) is 2. The smallest absolute Gasteiger partial charge is 0.319 e. The summed E-state index contributed by atoms with van der Waals surface area (Å²) in [6.45, 7) is 6.11. The summed E-state index contributed by atoms with van der Waals surface area (Å²) in [4.78, 5) is 26.6. The monoisotopic (exact) mass is 334 g/mol. The predicted octanol–water partition coefficient (Wildman–Crippen LogP) is 3.59. The summed E-state index contributed by atoms with van der Waals surface area (Å²) in [5.41, 5.74) is 2.16. The van der Waals surface area contributed by atoms with Crippen LogP contribution in [0.25, 0.3) is 0 Å². The van der Waals surface area contributed by atoms with E-state index in [-0.39, 0.29) is 17.6 Å². The van der Waals surface area contributed by atoms with Gasteiger partial charge in [-0.3, -0.25) is 10.1 Å². The lowest BCUT2D eigenvalue weighted by molar-refractivity contribution is -0.384. The number of urea groups is 1. The zero-order valence-corrected chi connectivity index (χ0v) is 13.9. The van der Waals surface area contributed by atoms with Crippen molar-refractivity contribution in [1.29, 1.82) is 0 Å². The van der Waals surface area contributed by atoms with E-state index >= 15 is 0 Å². The molecule has 2 N–H and O–H groups in total. The first-order chi connectivity index (χ1) is 10.9. The molecule has 0 bridgehead atoms. The number of nitro benzene ring substituents is 1. The van der Waals surface area contributed by atoms with Gasteiger partial charge in [0.25, 0.3) is 5.69 Å². The fourth-order valence-electron chi connectivity index (χ4n) is 2.00. The summed E-state index contributed by atoms with van der Waals surface area (Å²) in [6, 6.07) is 3.97. The number of aryl methyl sites for hydroxylation is 2. The average Bonchev–Trinajstić information content (AvgIpc) is 2.93. The van der Waals surface area contributed by atoms with E-state index in [1.54, 1.807) is 18.3 Å². The lowest BCUT2D eigenvalue weighted by Gasteiger charge is -2.12. The van der Waals surface area contributed by atoms with Gasteiger partial charge in [0, 0.05) is 41.4 Å². The second-order valence-electron chi connectivity index (χ2n) is 5.32. The maximum atomic E-state index is 12.0. The molecule has 2 rings (SSSR count). The second kappa shape index (κ2) is 7.19. The van der Waals surface area contributed by atoms with Gasteiger partial charge in [0.15, 0.2) is 0 Å². The Hall–Kier alpha value is -2.48. The molecule has 0 unspecified atom stereocenters. The lowest BCUT2D eigenvalue weighted by atomic mass is 10.2. The van der Waals surface area contributed by atoms with E-state index in [0.717, 1.165) is 10.7 Å². The van der Waals surface area contributed by atoms with Crippen molar-refractivity contribution in [3.63, 3.8) is 0 Å². The summed E-state index contributed by atoms with van der Waals surface area (Å²) < 4.78 is 0. The Labute approximate surface area is 137 Å². The minimum Gasteiger partial charge on any atom is -0.337 e. The van der Waals surface area contributed by atoms with Crippen molar-refractivity contribution in [1.82, 2.24) is 10.3 Å². The highest BCUT2D eigenvalue weighted by Gasteiger charge is 2.13. The first-order valence-electron chi connectivity index (χ1n) is 7.08. The normalized spacial score (nSPS) is 11.8. The number of nitrogens with zero attached hydrogens (tertiary/aromatic N) is 2. The number of carbonyl (C=O) groups excluding carboxylic acids is 1. The van der Waals surface area contributed by atoms with Crippen molar-refractivity contribution in [2.75, 3.05) is 11.9 Å². The number of non-ortho nitro benzene ring substituents is 1. The van der Waals surface area contributed by atoms with Gasteiger partial charge in [-0.15, -0.1) is 11.3 Å². The average molecular weight is 334 g/mol. The number of carbonyl (C=O) groups is 1. The fraction of sp³-hybridized carbons (Fsp3) is 0.333. The van der Waals surface area contributed by atoms with Gasteiger partial charge in [-0.2, -0.15) is 0 Å². The molecule has 1 atom stereocenters. The number of nitro groups is 1. The Kier molecular flexibility index (Phi) is 5.28. The minimum absolute atomic E-state index is 0.00113. The van der Waals surface area contributed by atoms with Gasteiger partial charge >= 0.3 is 6.03 Å². The third-order valence-electron chi connectivity index (χ3n) is 3.30. The Morgan fingerprint density at radius 3 is 2.74 bits per heavy atom. The van der Waals surface area contributed by atoms with Crippen LogP contribution in [0.1, 0.15) is 29.1 Å². The van der Waals surface area contributed by atoms with Crippen LogP contribution >= 0.6 is 11.3 Å². The molecule has 0 spiro atoms. The molecule has 0 saturated heterocycles. The van der Waals surface area contributed by atoms with Crippen LogP contribution in [-0.4, -0.2) is 22.5 Å². The van der Waals surface area contributed by atoms with E-state index < -0.39 is 4.92 Å². The number of anilines is 1. The molecule has 1 heterocycles. The molecular weight excluding hydrogens is 316 g/mol. The van der Waals surface area contributed by atoms with Gasteiger partial charge in [-0.1, -0.05) is 6.92 Å². The van der Waals surface area contributed by atoms with Gasteiger partial charge in [0.2, 0.25) is 0 Å². The Balaban J connectivity index is 1.91. The van der Waals surface area contributed by atoms with Crippen molar-refractivity contribution in [3.05, 3.63) is 50.0 Å². The van der Waals surface area contributed by atoms with Crippen LogP contribution in [-0.2, 0) is 0 Å². The summed E-state index contributed by atoms with van der Waals surface area (Å²) in [5.74, 6) is 0.123. The third-order valence-corrected chi connectivity index (χ3v) is 4.49. The molecule has 122 valence electrons. The molecule has 2 amide bonds. The molecule has 7 nitrogen and oxygen atoms in total. The molecule has 23 heavy (non-hydrogen) atoms. The van der Waals surface area contributed by atoms with E-state index in [0.29, 0.717) is 17.8 Å². The van der Waals surface area contributed by atoms with Gasteiger partial charge < -0.3 is 10.6 Å². The first kappa shape index (κ1) is 16.9. The lowest BCUT2D eigenvalue weighted by Crippen LogP contribution is -2.32. The van der Waals surface area contributed by atoms with E-state index in [9.17, 15) is 14.9 Å². The molecule has 8 heteroatoms. The van der Waals surface area contributed by atoms with Gasteiger partial charge in [-0.05, 0) is 25.5 Å². The zero-order valence-electron chi connectivity index (χ0n) is 13.1. The van der Waals surface area contributed by atoms with E-state index in [1.165, 1.54) is 18.2 Å². The summed E-state index contributed by atoms with van der Waals surface area (Å²) in [5, 5.41) is 19.1. The quantitative estimate of drug-likeness (QED) is 0.645. The first-order valence-corrected chi connectivity index (χ1v) is 7.96. The molecule has 0 saturated carbocycles. The number of hydrogen-bond acceptors (Lipinski definition) is 5. The van der Waals surface area contributed by atoms with E-state index in [4.69, 9.17) is 0 Å². The topological polar surface area (TPSA) is 97.2 Å². The summed E-state index contributed by atoms with van der Waals surface area (Å²) >= 11 is 1.57. The third kappa shape index (κ3) is 4.49. The number of benzene rings is 1. The van der Waals surface area contributed by atoms with Gasteiger partial charge in [0.05, 0.1) is 9.93 Å². The van der Waals surface area contributed by atoms with Crippen molar-refractivity contribution in [3.8, 4) is 0 Å². The molecule has 1 aromatic heterocycles. The van der Waals surface area contributed by atoms with Crippen LogP contribution in [0, 0.1) is 24.0 Å². The van der Waals surface area contributed by atoms with Gasteiger partial charge in [-0.25, -0.2) is 9.78 Å². The number of aromatic nitrogens is 1. The highest BCUT2D eigenvalue weighted by Crippen LogP contribution is 2.21. The van der Waals surface area contributed by atoms with Gasteiger partial charge in [0.1, 0.15) is 0 Å². The molecular formula is C15H18N4O3S. The molecule has 0 fully saturated rings. The van der Waals surface area contributed by atoms with Crippen molar-refractivity contribution in [2.24, 2.45) is 0 Å². The number of thiazole rings is 1. The highest BCUT2D eigenvalue weighted by molar-refractivity contribution is 7.09. The van der Waals surface area contributed by atoms with E-state index in [1.807, 2.05) is 19.2 Å². The van der Waals surface area contributed by atoms with Crippen molar-refractivity contribution >= 4 is 28.7 Å². The SMILES string of the molecule is Cc1csc([C@@H](C)CNC(=O)Nc2ccc([N+](=O)[O-])cc2C)n1. The second-order valence-corrected chi connectivity index (χ2v) is 6.21. The Morgan fingerprint density at radius 1 is 1.43 bits per heavy atom. The largest absolute Gasteiger partial charge is 0.337 e. The van der Waals surface area contributed by atoms with Crippen LogP contribution in [0.15, 0.2) is 23.6 Å². The van der Waals surface area contributed by atoms with Crippen LogP contribution < -0.4 is 10.6 Å². The Bertz CT molecular complexity index is 729. The molecule has 0 radical (unpaired) electrons. The molecule has 1 aromatic carbocycles. The number of rotatable bonds is 5. The van der Waals surface area contributed by atoms with Crippen LogP contribution in [0.4, 0.5) is 16.2 Å². The van der Waals surface area contributed by atoms with E-state index in [2.05, 4.69) is 15.6 Å². The highest BCUT2D eigenvalue weighted by atomic mass is 32.1. The maximum Gasteiger partial charge on any atom is 0.319 e. The number of nitrogens with one attached hydrogen (secondary N) is 2. The predicted molar refractivity (Wildman–Crippen MR) is 90.1 cm³/mol. The summed E-state index contributed by atoms with van der Waals surface area (Å²) in [6.07, 6.45) is 0. The fourth-order valence-corrected chi connectivity index (χ4v) is 2.86. The summed E-state index contributed by atoms with van der Waals surface area (Å²) in [7, 11) is 0. The molecule has 0 aliphatic carbocycles.